The van der Waals surface area contributed by atoms with E-state index in [4.69, 9.17) is 4.42 Å². The Balaban J connectivity index is 1.52. The Labute approximate surface area is 138 Å². The van der Waals surface area contributed by atoms with Crippen molar-refractivity contribution in [3.8, 4) is 22.8 Å². The number of rotatable bonds is 4. The Bertz CT molecular complexity index is 943. The molecule has 0 N–H and O–H groups in total. The second-order valence-corrected chi connectivity index (χ2v) is 5.38. The average molecular weight is 318 g/mol. The molecule has 0 aliphatic carbocycles. The van der Waals surface area contributed by atoms with Crippen LogP contribution in [0.5, 0.6) is 0 Å². The lowest BCUT2D eigenvalue weighted by Crippen LogP contribution is -2.04. The van der Waals surface area contributed by atoms with Crippen molar-refractivity contribution < 1.29 is 4.42 Å². The average Bonchev–Trinajstić information content (AvgIpc) is 3.27. The third-order valence-electron chi connectivity index (χ3n) is 3.53. The molecule has 0 fully saturated rings. The van der Waals surface area contributed by atoms with E-state index in [1.807, 2.05) is 61.5 Å². The zero-order valence-corrected chi connectivity index (χ0v) is 13.0. The van der Waals surface area contributed by atoms with Gasteiger partial charge in [-0.2, -0.15) is 4.80 Å². The van der Waals surface area contributed by atoms with Crippen LogP contribution in [-0.4, -0.2) is 30.4 Å². The van der Waals surface area contributed by atoms with Crippen molar-refractivity contribution in [2.24, 2.45) is 0 Å². The van der Waals surface area contributed by atoms with Gasteiger partial charge in [0.25, 0.3) is 0 Å². The second-order valence-electron chi connectivity index (χ2n) is 5.38. The van der Waals surface area contributed by atoms with E-state index < -0.39 is 0 Å². The van der Waals surface area contributed by atoms with Crippen molar-refractivity contribution in [2.45, 2.75) is 13.5 Å². The summed E-state index contributed by atoms with van der Waals surface area (Å²) in [5, 5.41) is 20.5. The number of aromatic nitrogens is 6. The molecule has 0 aliphatic heterocycles. The highest BCUT2D eigenvalue weighted by Crippen LogP contribution is 2.18. The molecule has 0 atom stereocenters. The Morgan fingerprint density at radius 3 is 2.46 bits per heavy atom. The second kappa shape index (κ2) is 6.04. The van der Waals surface area contributed by atoms with Crippen LogP contribution in [-0.2, 0) is 6.54 Å². The van der Waals surface area contributed by atoms with Gasteiger partial charge in [-0.1, -0.05) is 48.0 Å². The van der Waals surface area contributed by atoms with E-state index in [9.17, 15) is 0 Å². The van der Waals surface area contributed by atoms with E-state index in [0.717, 1.165) is 11.1 Å². The van der Waals surface area contributed by atoms with Gasteiger partial charge in [0.05, 0.1) is 0 Å². The highest BCUT2D eigenvalue weighted by Gasteiger charge is 2.11. The Morgan fingerprint density at radius 2 is 1.67 bits per heavy atom. The lowest BCUT2D eigenvalue weighted by atomic mass is 10.1. The van der Waals surface area contributed by atoms with Crippen LogP contribution in [0, 0.1) is 6.92 Å². The summed E-state index contributed by atoms with van der Waals surface area (Å²) >= 11 is 0. The van der Waals surface area contributed by atoms with Crippen molar-refractivity contribution in [3.05, 3.63) is 66.1 Å². The Morgan fingerprint density at radius 1 is 0.875 bits per heavy atom. The topological polar surface area (TPSA) is 82.5 Å². The van der Waals surface area contributed by atoms with Gasteiger partial charge < -0.3 is 4.42 Å². The highest BCUT2D eigenvalue weighted by atomic mass is 16.4. The van der Waals surface area contributed by atoms with Gasteiger partial charge in [-0.3, -0.25) is 0 Å². The Kier molecular flexibility index (Phi) is 3.59. The molecule has 0 saturated carbocycles. The summed E-state index contributed by atoms with van der Waals surface area (Å²) in [5.74, 6) is 1.48. The minimum atomic E-state index is 0.276. The number of benzene rings is 2. The van der Waals surface area contributed by atoms with Gasteiger partial charge >= 0.3 is 0 Å². The molecule has 2 heterocycles. The van der Waals surface area contributed by atoms with Crippen molar-refractivity contribution >= 4 is 0 Å². The molecule has 2 aromatic carbocycles. The first-order valence-corrected chi connectivity index (χ1v) is 7.50. The molecule has 24 heavy (non-hydrogen) atoms. The fraction of sp³-hybridized carbons (Fsp3) is 0.118. The van der Waals surface area contributed by atoms with Crippen LogP contribution in [0.25, 0.3) is 22.8 Å². The Hall–Kier alpha value is -3.35. The first-order valence-electron chi connectivity index (χ1n) is 7.50. The van der Waals surface area contributed by atoms with E-state index >= 15 is 0 Å². The maximum absolute atomic E-state index is 5.68. The van der Waals surface area contributed by atoms with Gasteiger partial charge in [-0.25, -0.2) is 0 Å². The number of nitrogens with zero attached hydrogens (tertiary/aromatic N) is 6. The lowest BCUT2D eigenvalue weighted by Gasteiger charge is -1.95. The number of tetrazole rings is 1. The first-order chi connectivity index (χ1) is 11.8. The van der Waals surface area contributed by atoms with Crippen LogP contribution in [0.2, 0.25) is 0 Å². The fourth-order valence-electron chi connectivity index (χ4n) is 2.26. The number of hydrogen-bond acceptors (Lipinski definition) is 6. The van der Waals surface area contributed by atoms with Gasteiger partial charge in [0.1, 0.15) is 6.54 Å². The van der Waals surface area contributed by atoms with Crippen molar-refractivity contribution in [3.63, 3.8) is 0 Å². The molecule has 0 spiro atoms. The lowest BCUT2D eigenvalue weighted by molar-refractivity contribution is 0.446. The predicted octanol–water partition coefficient (Wildman–Crippen LogP) is 2.75. The van der Waals surface area contributed by atoms with Gasteiger partial charge in [-0.05, 0) is 24.3 Å². The van der Waals surface area contributed by atoms with Crippen molar-refractivity contribution in [1.29, 1.82) is 0 Å². The first kappa shape index (κ1) is 14.3. The maximum Gasteiger partial charge on any atom is 0.247 e. The summed E-state index contributed by atoms with van der Waals surface area (Å²) in [6.07, 6.45) is 0. The minimum Gasteiger partial charge on any atom is -0.419 e. The van der Waals surface area contributed by atoms with E-state index in [1.165, 1.54) is 10.4 Å². The molecule has 7 nitrogen and oxygen atoms in total. The van der Waals surface area contributed by atoms with Crippen molar-refractivity contribution in [1.82, 2.24) is 30.4 Å². The number of hydrogen-bond donors (Lipinski definition) is 0. The molecule has 0 amide bonds. The molecule has 4 aromatic rings. The SMILES string of the molecule is Cc1ccc(-c2nnc(Cn3nnc(-c4ccccc4)n3)o2)cc1. The summed E-state index contributed by atoms with van der Waals surface area (Å²) in [5.41, 5.74) is 2.98. The van der Waals surface area contributed by atoms with Crippen LogP contribution in [0.4, 0.5) is 0 Å². The van der Waals surface area contributed by atoms with Crippen LogP contribution < -0.4 is 0 Å². The van der Waals surface area contributed by atoms with Crippen LogP contribution in [0.15, 0.2) is 59.0 Å². The van der Waals surface area contributed by atoms with E-state index in [0.29, 0.717) is 17.6 Å². The quantitative estimate of drug-likeness (QED) is 0.575. The zero-order valence-electron chi connectivity index (χ0n) is 13.0. The molecule has 2 aromatic heterocycles. The molecule has 0 bridgehead atoms. The zero-order chi connectivity index (χ0) is 16.4. The van der Waals surface area contributed by atoms with Crippen LogP contribution in [0.1, 0.15) is 11.5 Å². The minimum absolute atomic E-state index is 0.276. The summed E-state index contributed by atoms with van der Waals surface area (Å²) in [4.78, 5) is 1.44. The third-order valence-corrected chi connectivity index (χ3v) is 3.53. The van der Waals surface area contributed by atoms with Gasteiger partial charge in [-0.15, -0.1) is 20.4 Å². The summed E-state index contributed by atoms with van der Waals surface area (Å²) in [7, 11) is 0. The molecule has 118 valence electrons. The van der Waals surface area contributed by atoms with E-state index in [1.54, 1.807) is 0 Å². The molecule has 0 aliphatic rings. The van der Waals surface area contributed by atoms with E-state index in [-0.39, 0.29) is 6.54 Å². The summed E-state index contributed by atoms with van der Waals surface area (Å²) < 4.78 is 5.68. The highest BCUT2D eigenvalue weighted by molar-refractivity contribution is 5.53. The molecule has 0 unspecified atom stereocenters. The molecule has 7 heteroatoms. The normalized spacial score (nSPS) is 10.9. The standard InChI is InChI=1S/C17H14N6O/c1-12-7-9-14(10-8-12)17-20-18-15(24-17)11-23-21-16(19-22-23)13-5-3-2-4-6-13/h2-10H,11H2,1H3. The molecule has 0 saturated heterocycles. The largest absolute Gasteiger partial charge is 0.419 e. The predicted molar refractivity (Wildman–Crippen MR) is 86.8 cm³/mol. The van der Waals surface area contributed by atoms with Gasteiger partial charge in [0.15, 0.2) is 0 Å². The van der Waals surface area contributed by atoms with Gasteiger partial charge in [0, 0.05) is 11.1 Å². The molecular formula is C17H14N6O. The fourth-order valence-corrected chi connectivity index (χ4v) is 2.26. The smallest absolute Gasteiger partial charge is 0.247 e. The molecular weight excluding hydrogens is 304 g/mol. The molecule has 0 radical (unpaired) electrons. The van der Waals surface area contributed by atoms with Crippen LogP contribution >= 0.6 is 0 Å². The van der Waals surface area contributed by atoms with Crippen LogP contribution in [0.3, 0.4) is 0 Å². The van der Waals surface area contributed by atoms with E-state index in [2.05, 4.69) is 25.6 Å². The molecule has 4 rings (SSSR count). The van der Waals surface area contributed by atoms with Crippen molar-refractivity contribution in [2.75, 3.05) is 0 Å². The third kappa shape index (κ3) is 2.91. The van der Waals surface area contributed by atoms with Gasteiger partial charge in [0.2, 0.25) is 17.6 Å². The summed E-state index contributed by atoms with van der Waals surface area (Å²) in [6, 6.07) is 17.6. The number of aryl methyl sites for hydroxylation is 1. The summed E-state index contributed by atoms with van der Waals surface area (Å²) in [6.45, 7) is 2.31. The maximum atomic E-state index is 5.68. The monoisotopic (exact) mass is 318 g/mol.